The predicted octanol–water partition coefficient (Wildman–Crippen LogP) is 5.52. The van der Waals surface area contributed by atoms with E-state index in [0.717, 1.165) is 12.3 Å². The molecular weight excluding hydrogens is 374 g/mol. The molecule has 3 aromatic rings. The van der Waals surface area contributed by atoms with E-state index < -0.39 is 0 Å². The van der Waals surface area contributed by atoms with Gasteiger partial charge in [0.2, 0.25) is 0 Å². The monoisotopic (exact) mass is 406 g/mol. The number of hydrogen-bond acceptors (Lipinski definition) is 2. The zero-order valence-corrected chi connectivity index (χ0v) is 18.6. The first kappa shape index (κ1) is 20.1. The Balaban J connectivity index is 1.59. The second-order valence-electron chi connectivity index (χ2n) is 8.80. The molecule has 1 aliphatic rings. The van der Waals surface area contributed by atoms with E-state index in [1.807, 2.05) is 11.8 Å². The molecule has 1 aliphatic heterocycles. The summed E-state index contributed by atoms with van der Waals surface area (Å²) in [4.78, 5) is 0. The third-order valence-electron chi connectivity index (χ3n) is 5.55. The lowest BCUT2D eigenvalue weighted by Gasteiger charge is -2.28. The average molecular weight is 407 g/mol. The van der Waals surface area contributed by atoms with Crippen LogP contribution in [0.1, 0.15) is 56.8 Å². The quantitative estimate of drug-likeness (QED) is 0.500. The molecule has 1 fully saturated rings. The van der Waals surface area contributed by atoms with Crippen LogP contribution in [0.25, 0.3) is 0 Å². The molecule has 1 aromatic heterocycles. The number of thioether (sulfide) groups is 1. The maximum atomic E-state index is 2.57. The van der Waals surface area contributed by atoms with Gasteiger partial charge < -0.3 is 0 Å². The number of imidazole rings is 1. The normalized spacial score (nSPS) is 19.6. The SMILES string of the molecule is CC(C)(C)SCC[n+]1ccn(N2[C@H](c3ccccc3)CC[C@H]2c2ccccc2)c1. The number of aromatic nitrogens is 2. The summed E-state index contributed by atoms with van der Waals surface area (Å²) in [6.07, 6.45) is 9.04. The van der Waals surface area contributed by atoms with Gasteiger partial charge in [-0.05, 0) is 24.0 Å². The van der Waals surface area contributed by atoms with Crippen molar-refractivity contribution in [1.29, 1.82) is 0 Å². The van der Waals surface area contributed by atoms with Crippen LogP contribution in [-0.4, -0.2) is 15.2 Å². The van der Waals surface area contributed by atoms with Crippen molar-refractivity contribution < 1.29 is 4.57 Å². The van der Waals surface area contributed by atoms with Gasteiger partial charge >= 0.3 is 0 Å². The molecule has 152 valence electrons. The summed E-state index contributed by atoms with van der Waals surface area (Å²) in [7, 11) is 0. The third-order valence-corrected chi connectivity index (χ3v) is 6.80. The van der Waals surface area contributed by atoms with Crippen LogP contribution in [0.15, 0.2) is 79.4 Å². The van der Waals surface area contributed by atoms with E-state index in [4.69, 9.17) is 0 Å². The van der Waals surface area contributed by atoms with Crippen LogP contribution >= 0.6 is 11.8 Å². The van der Waals surface area contributed by atoms with Gasteiger partial charge in [-0.1, -0.05) is 81.4 Å². The molecule has 3 nitrogen and oxygen atoms in total. The first-order chi connectivity index (χ1) is 14.0. The van der Waals surface area contributed by atoms with Crippen molar-refractivity contribution in [1.82, 2.24) is 4.68 Å². The van der Waals surface area contributed by atoms with Crippen molar-refractivity contribution >= 4 is 11.8 Å². The Bertz CT molecular complexity index is 851. The molecule has 4 heteroatoms. The van der Waals surface area contributed by atoms with Crippen LogP contribution in [0, 0.1) is 0 Å². The van der Waals surface area contributed by atoms with E-state index in [2.05, 4.69) is 114 Å². The van der Waals surface area contributed by atoms with Crippen LogP contribution in [0.5, 0.6) is 0 Å². The second kappa shape index (κ2) is 8.66. The van der Waals surface area contributed by atoms with E-state index in [1.165, 1.54) is 24.0 Å². The molecule has 0 unspecified atom stereocenters. The molecule has 2 heterocycles. The number of nitrogens with zero attached hydrogens (tertiary/aromatic N) is 3. The lowest BCUT2D eigenvalue weighted by atomic mass is 10.0. The Labute approximate surface area is 179 Å². The van der Waals surface area contributed by atoms with Crippen molar-refractivity contribution in [2.45, 2.75) is 57.0 Å². The zero-order chi connectivity index (χ0) is 20.3. The molecule has 1 saturated heterocycles. The molecule has 4 rings (SSSR count). The second-order valence-corrected chi connectivity index (χ2v) is 10.7. The highest BCUT2D eigenvalue weighted by Gasteiger charge is 2.38. The van der Waals surface area contributed by atoms with Crippen LogP contribution < -0.4 is 9.58 Å². The zero-order valence-electron chi connectivity index (χ0n) is 17.7. The summed E-state index contributed by atoms with van der Waals surface area (Å²) >= 11 is 2.02. The Morgan fingerprint density at radius 1 is 0.897 bits per heavy atom. The number of rotatable bonds is 6. The van der Waals surface area contributed by atoms with Crippen molar-refractivity contribution in [2.75, 3.05) is 10.8 Å². The van der Waals surface area contributed by atoms with E-state index in [1.54, 1.807) is 0 Å². The van der Waals surface area contributed by atoms with Gasteiger partial charge in [0, 0.05) is 10.5 Å². The van der Waals surface area contributed by atoms with Crippen molar-refractivity contribution in [3.63, 3.8) is 0 Å². The van der Waals surface area contributed by atoms with Crippen molar-refractivity contribution in [2.24, 2.45) is 0 Å². The number of hydrogen-bond donors (Lipinski definition) is 0. The number of benzene rings is 2. The fourth-order valence-electron chi connectivity index (χ4n) is 4.22. The van der Waals surface area contributed by atoms with E-state index in [-0.39, 0.29) is 0 Å². The molecule has 2 aromatic carbocycles. The van der Waals surface area contributed by atoms with Gasteiger partial charge in [0.1, 0.15) is 6.20 Å². The number of aryl methyl sites for hydroxylation is 1. The first-order valence-electron chi connectivity index (χ1n) is 10.6. The smallest absolute Gasteiger partial charge is 0.234 e. The van der Waals surface area contributed by atoms with Crippen LogP contribution in [0.4, 0.5) is 0 Å². The molecule has 0 spiro atoms. The van der Waals surface area contributed by atoms with E-state index >= 15 is 0 Å². The maximum absolute atomic E-state index is 2.57. The average Bonchev–Trinajstić information content (AvgIpc) is 3.35. The molecular formula is C25H32N3S+. The molecule has 0 amide bonds. The summed E-state index contributed by atoms with van der Waals surface area (Å²) in [5, 5.41) is 2.57. The molecule has 29 heavy (non-hydrogen) atoms. The minimum absolute atomic E-state index is 0.314. The summed E-state index contributed by atoms with van der Waals surface area (Å²) in [6, 6.07) is 22.7. The predicted molar refractivity (Wildman–Crippen MR) is 123 cm³/mol. The maximum Gasteiger partial charge on any atom is 0.267 e. The molecule has 0 N–H and O–H groups in total. The van der Waals surface area contributed by atoms with Gasteiger partial charge in [0.25, 0.3) is 6.33 Å². The lowest BCUT2D eigenvalue weighted by Crippen LogP contribution is -2.39. The van der Waals surface area contributed by atoms with E-state index in [9.17, 15) is 0 Å². The highest BCUT2D eigenvalue weighted by atomic mass is 32.2. The Kier molecular flexibility index (Phi) is 6.00. The lowest BCUT2D eigenvalue weighted by molar-refractivity contribution is -0.692. The van der Waals surface area contributed by atoms with Gasteiger partial charge in [-0.25, -0.2) is 9.58 Å². The summed E-state index contributed by atoms with van der Waals surface area (Å²) in [6.45, 7) is 7.89. The van der Waals surface area contributed by atoms with Gasteiger partial charge in [-0.15, -0.1) is 4.68 Å². The Morgan fingerprint density at radius 2 is 1.45 bits per heavy atom. The Morgan fingerprint density at radius 3 is 1.97 bits per heavy atom. The largest absolute Gasteiger partial charge is 0.267 e. The summed E-state index contributed by atoms with van der Waals surface area (Å²) in [5.74, 6) is 1.13. The standard InChI is InChI=1S/C25H32N3S/c1-25(2,3)29-19-18-26-16-17-27(20-26)28-23(21-10-6-4-7-11-21)14-15-24(28)22-12-8-5-9-13-22/h4-13,16-17,20,23-24H,14-15,18-19H2,1-3H3/q+1/t23-,24-/m0/s1. The summed E-state index contributed by atoms with van der Waals surface area (Å²) < 4.78 is 4.96. The van der Waals surface area contributed by atoms with Crippen molar-refractivity contribution in [3.8, 4) is 0 Å². The Hall–Kier alpha value is -2.20. The first-order valence-corrected chi connectivity index (χ1v) is 11.6. The van der Waals surface area contributed by atoms with Crippen molar-refractivity contribution in [3.05, 3.63) is 90.5 Å². The molecule has 0 bridgehead atoms. The fraction of sp³-hybridized carbons (Fsp3) is 0.400. The molecule has 0 aliphatic carbocycles. The molecule has 0 radical (unpaired) electrons. The highest BCUT2D eigenvalue weighted by molar-refractivity contribution is 8.00. The van der Waals surface area contributed by atoms with Gasteiger partial charge in [0.15, 0.2) is 6.20 Å². The van der Waals surface area contributed by atoms with Gasteiger partial charge in [0.05, 0.1) is 18.6 Å². The highest BCUT2D eigenvalue weighted by Crippen LogP contribution is 2.42. The molecule has 2 atom stereocenters. The van der Waals surface area contributed by atoms with Crippen LogP contribution in [0.3, 0.4) is 0 Å². The van der Waals surface area contributed by atoms with Crippen LogP contribution in [0.2, 0.25) is 0 Å². The minimum Gasteiger partial charge on any atom is -0.234 e. The topological polar surface area (TPSA) is 12.0 Å². The molecule has 0 saturated carbocycles. The van der Waals surface area contributed by atoms with Gasteiger partial charge in [-0.2, -0.15) is 11.8 Å². The van der Waals surface area contributed by atoms with E-state index in [0.29, 0.717) is 16.8 Å². The van der Waals surface area contributed by atoms with Crippen LogP contribution in [-0.2, 0) is 6.54 Å². The van der Waals surface area contributed by atoms with Gasteiger partial charge in [-0.3, -0.25) is 0 Å². The third kappa shape index (κ3) is 4.87. The fourth-order valence-corrected chi connectivity index (χ4v) is 5.13. The summed E-state index contributed by atoms with van der Waals surface area (Å²) in [5.41, 5.74) is 2.80. The minimum atomic E-state index is 0.314.